The van der Waals surface area contributed by atoms with E-state index in [9.17, 15) is 39.9 Å². The van der Waals surface area contributed by atoms with Crippen LogP contribution in [0.5, 0.6) is 0 Å². The highest BCUT2D eigenvalue weighted by atomic mass is 16.6. The zero-order valence-corrected chi connectivity index (χ0v) is 45.2. The van der Waals surface area contributed by atoms with Gasteiger partial charge in [0.2, 0.25) is 5.79 Å². The molecular weight excluding hydrogens is 929 g/mol. The van der Waals surface area contributed by atoms with E-state index in [1.165, 1.54) is 12.0 Å². The van der Waals surface area contributed by atoms with Crippen LogP contribution in [-0.2, 0) is 33.3 Å². The van der Waals surface area contributed by atoms with Crippen molar-refractivity contribution in [2.45, 2.75) is 199 Å². The number of rotatable bonds is 6. The number of allylic oxidation sites excluding steroid dienone is 6. The summed E-state index contributed by atoms with van der Waals surface area (Å²) >= 11 is 0. The number of nitrogens with zero attached hydrogens (tertiary/aromatic N) is 1. The first-order valence-corrected chi connectivity index (χ1v) is 27.2. The number of methoxy groups -OCH3 is 2. The Bertz CT molecular complexity index is 2290. The minimum atomic E-state index is -2.44. The van der Waals surface area contributed by atoms with Gasteiger partial charge in [0.25, 0.3) is 11.7 Å². The molecule has 3 aliphatic heterocycles. The van der Waals surface area contributed by atoms with E-state index in [0.29, 0.717) is 63.4 Å². The summed E-state index contributed by atoms with van der Waals surface area (Å²) in [5, 5.41) is 59.1. The minimum Gasteiger partial charge on any atom is -0.460 e. The summed E-state index contributed by atoms with van der Waals surface area (Å²) in [6.45, 7) is 15.5. The normalized spacial score (nSPS) is 39.4. The van der Waals surface area contributed by atoms with Crippen LogP contribution in [0.15, 0.2) is 72.0 Å². The minimum absolute atomic E-state index is 0.0326. The van der Waals surface area contributed by atoms with Gasteiger partial charge in [-0.25, -0.2) is 4.79 Å². The number of aromatic nitrogens is 1. The van der Waals surface area contributed by atoms with Crippen molar-refractivity contribution in [1.29, 1.82) is 0 Å². The van der Waals surface area contributed by atoms with Gasteiger partial charge in [0.15, 0.2) is 0 Å². The number of amides is 1. The first-order chi connectivity index (χ1) is 34.7. The van der Waals surface area contributed by atoms with Crippen molar-refractivity contribution in [3.8, 4) is 0 Å². The molecule has 17 atom stereocenters. The van der Waals surface area contributed by atoms with E-state index in [0.717, 1.165) is 34.0 Å². The van der Waals surface area contributed by atoms with Crippen molar-refractivity contribution in [1.82, 2.24) is 9.88 Å². The Morgan fingerprint density at radius 1 is 0.849 bits per heavy atom. The smallest absolute Gasteiger partial charge is 0.329 e. The van der Waals surface area contributed by atoms with Gasteiger partial charge in [-0.05, 0) is 132 Å². The quantitative estimate of drug-likeness (QED) is 0.0918. The Labute approximate surface area is 434 Å². The SMILES string of the molecule is COC1[C@H](O)/C(C)=C/[C@@H](C)[C@@H](O)C[C@@H](C(C)C[C@@H]2CCC(O)[C@H](OC)C2)OC(=O)[C@@H]2CCCCN2C(=O)C(=O)[C@]2(O)O[C@@H](CC[C@H]2C)C[C@H](c2c[nH]c3c(C)cccc23)/C(C)=C/C=C/C=C/[C@@H](C)C[C@@H](C)[C@@H]1O. The molecule has 6 N–H and O–H groups in total. The molecule has 3 unspecified atom stereocenters. The second kappa shape index (κ2) is 26.2. The number of hydrogen-bond acceptors (Lipinski definition) is 12. The summed E-state index contributed by atoms with van der Waals surface area (Å²) in [5.74, 6) is -6.94. The van der Waals surface area contributed by atoms with Crippen molar-refractivity contribution in [2.24, 2.45) is 35.5 Å². The number of aliphatic hydroxyl groups is 5. The number of esters is 1. The number of nitrogens with one attached hydrogen (secondary N) is 1. The highest BCUT2D eigenvalue weighted by molar-refractivity contribution is 6.39. The van der Waals surface area contributed by atoms with Crippen molar-refractivity contribution >= 4 is 28.6 Å². The molecular formula is C59H88N2O12. The number of aliphatic hydroxyl groups excluding tert-OH is 4. The van der Waals surface area contributed by atoms with Gasteiger partial charge < -0.3 is 54.4 Å². The maximum atomic E-state index is 14.6. The highest BCUT2D eigenvalue weighted by Gasteiger charge is 2.53. The molecule has 1 amide bonds. The molecule has 4 heterocycles. The van der Waals surface area contributed by atoms with Gasteiger partial charge in [-0.1, -0.05) is 94.8 Å². The third-order valence-electron chi connectivity index (χ3n) is 17.0. The number of ketones is 1. The molecule has 1 saturated carbocycles. The number of cyclic esters (lactones) is 1. The van der Waals surface area contributed by atoms with Crippen LogP contribution in [0, 0.1) is 42.4 Å². The predicted molar refractivity (Wildman–Crippen MR) is 282 cm³/mol. The van der Waals surface area contributed by atoms with Gasteiger partial charge in [-0.2, -0.15) is 0 Å². The molecule has 2 aromatic rings. The molecule has 4 aliphatic rings. The number of hydrogen-bond donors (Lipinski definition) is 6. The van der Waals surface area contributed by atoms with Gasteiger partial charge >= 0.3 is 5.97 Å². The number of Topliss-reactive ketones (excluding diaryl/α,β-unsaturated/α-hetero) is 1. The Balaban J connectivity index is 1.35. The van der Waals surface area contributed by atoms with Gasteiger partial charge in [0, 0.05) is 62.0 Å². The molecule has 2 bridgehead atoms. The van der Waals surface area contributed by atoms with Gasteiger partial charge in [-0.3, -0.25) is 9.59 Å². The predicted octanol–water partition coefficient (Wildman–Crippen LogP) is 8.32. The molecule has 1 aromatic carbocycles. The lowest BCUT2D eigenvalue weighted by Gasteiger charge is -2.43. The summed E-state index contributed by atoms with van der Waals surface area (Å²) < 4.78 is 24.2. The van der Waals surface area contributed by atoms with E-state index in [2.05, 4.69) is 50.0 Å². The lowest BCUT2D eigenvalue weighted by molar-refractivity contribution is -0.264. The van der Waals surface area contributed by atoms with E-state index in [4.69, 9.17) is 18.9 Å². The number of carbonyl (C=O) groups excluding carboxylic acids is 3. The molecule has 406 valence electrons. The number of H-pyrrole nitrogens is 1. The first kappa shape index (κ1) is 58.3. The fourth-order valence-electron chi connectivity index (χ4n) is 12.2. The van der Waals surface area contributed by atoms with Crippen LogP contribution in [0.4, 0.5) is 0 Å². The molecule has 0 radical (unpaired) electrons. The molecule has 73 heavy (non-hydrogen) atoms. The molecule has 6 rings (SSSR count). The number of aromatic amines is 1. The van der Waals surface area contributed by atoms with Crippen LogP contribution in [0.3, 0.4) is 0 Å². The van der Waals surface area contributed by atoms with Crippen LogP contribution >= 0.6 is 0 Å². The molecule has 0 spiro atoms. The van der Waals surface area contributed by atoms with Gasteiger partial charge in [-0.15, -0.1) is 0 Å². The Kier molecular flexibility index (Phi) is 20.9. The van der Waals surface area contributed by atoms with E-state index in [1.807, 2.05) is 51.3 Å². The van der Waals surface area contributed by atoms with Crippen LogP contribution in [-0.4, -0.2) is 135 Å². The Hall–Kier alpha value is -3.99. The summed E-state index contributed by atoms with van der Waals surface area (Å²) in [5.41, 5.74) is 4.71. The number of piperidine rings is 1. The lowest BCUT2D eigenvalue weighted by atomic mass is 9.78. The van der Waals surface area contributed by atoms with Crippen molar-refractivity contribution in [2.75, 3.05) is 20.8 Å². The van der Waals surface area contributed by atoms with Gasteiger partial charge in [0.05, 0.1) is 30.5 Å². The largest absolute Gasteiger partial charge is 0.460 e. The molecule has 1 aromatic heterocycles. The van der Waals surface area contributed by atoms with Crippen molar-refractivity contribution in [3.63, 3.8) is 0 Å². The van der Waals surface area contributed by atoms with E-state index in [-0.39, 0.29) is 55.1 Å². The lowest BCUT2D eigenvalue weighted by Crippen LogP contribution is -2.60. The maximum Gasteiger partial charge on any atom is 0.329 e. The van der Waals surface area contributed by atoms with Gasteiger partial charge in [0.1, 0.15) is 24.4 Å². The maximum absolute atomic E-state index is 14.6. The monoisotopic (exact) mass is 1020 g/mol. The van der Waals surface area contributed by atoms with Crippen molar-refractivity contribution in [3.05, 3.63) is 83.1 Å². The fraction of sp³-hybridized carbons (Fsp3) is 0.678. The van der Waals surface area contributed by atoms with E-state index >= 15 is 0 Å². The van der Waals surface area contributed by atoms with Crippen LogP contribution < -0.4 is 0 Å². The standard InChI is InChI=1S/C59H88N2O12/c1-34-17-12-11-13-18-35(2)45(46-33-60-52-36(3)19-16-20-44(46)52)31-43-24-22-41(8)59(69,73-43)56(66)57(67)61-26-15-14-21-47(61)58(68)72-50(38(5)29-42-23-25-48(62)51(30-42)70-9)32-49(63)37(4)28-40(7)54(65)55(71-10)53(64)39(6)27-34/h11-13,16-20,28,33-34,37-39,41-43,45,47-51,53-55,60,62-65,69H,14-15,21-27,29-32H2,1-10H3/b13-11+,17-12+,35-18+,40-28+/t34-,37-,38?,39-,41-,42+,43+,45+,47+,48?,49+,50+,51-,53+,54-,55?,59-/m1/s1. The average Bonchev–Trinajstić information content (AvgIpc) is 3.81. The molecule has 2 saturated heterocycles. The number of para-hydroxylation sites is 1. The fourth-order valence-corrected chi connectivity index (χ4v) is 12.2. The Morgan fingerprint density at radius 2 is 1.60 bits per heavy atom. The number of benzene rings is 1. The van der Waals surface area contributed by atoms with E-state index < -0.39 is 84.1 Å². The van der Waals surface area contributed by atoms with E-state index in [1.54, 1.807) is 27.0 Å². The average molecular weight is 1020 g/mol. The van der Waals surface area contributed by atoms with Crippen LogP contribution in [0.1, 0.15) is 143 Å². The second-order valence-electron chi connectivity index (χ2n) is 22.6. The van der Waals surface area contributed by atoms with Crippen LogP contribution in [0.2, 0.25) is 0 Å². The topological polar surface area (TPSA) is 208 Å². The second-order valence-corrected chi connectivity index (χ2v) is 22.6. The summed E-state index contributed by atoms with van der Waals surface area (Å²) in [4.78, 5) is 48.5. The third kappa shape index (κ3) is 14.1. The molecule has 14 nitrogen and oxygen atoms in total. The number of aryl methyl sites for hydroxylation is 1. The number of carbonyl (C=O) groups is 3. The third-order valence-corrected chi connectivity index (χ3v) is 17.0. The Morgan fingerprint density at radius 3 is 2.33 bits per heavy atom. The summed E-state index contributed by atoms with van der Waals surface area (Å²) in [6, 6.07) is 5.06. The zero-order chi connectivity index (χ0) is 53.3. The number of ether oxygens (including phenoxy) is 4. The molecule has 3 fully saturated rings. The summed E-state index contributed by atoms with van der Waals surface area (Å²) in [6.07, 6.45) is 13.4. The first-order valence-electron chi connectivity index (χ1n) is 27.2. The zero-order valence-electron chi connectivity index (χ0n) is 45.2. The molecule has 1 aliphatic carbocycles. The summed E-state index contributed by atoms with van der Waals surface area (Å²) in [7, 11) is 3.05. The van der Waals surface area contributed by atoms with Crippen molar-refractivity contribution < 1.29 is 58.9 Å². The van der Waals surface area contributed by atoms with Crippen LogP contribution in [0.25, 0.3) is 10.9 Å². The number of fused-ring (bicyclic) bond motifs is 4. The molecule has 14 heteroatoms. The highest BCUT2D eigenvalue weighted by Crippen LogP contribution is 2.42.